The molecule has 2 saturated carbocycles. The van der Waals surface area contributed by atoms with Crippen LogP contribution in [0.4, 0.5) is 0 Å². The number of hydrogen-bond acceptors (Lipinski definition) is 2. The Morgan fingerprint density at radius 3 is 1.95 bits per heavy atom. The van der Waals surface area contributed by atoms with E-state index in [1.165, 1.54) is 70.6 Å². The van der Waals surface area contributed by atoms with Crippen molar-refractivity contribution in [2.75, 3.05) is 7.11 Å². The molecule has 116 valence electrons. The molecule has 2 heteroatoms. The molecule has 3 aliphatic rings. The first-order valence-corrected chi connectivity index (χ1v) is 8.99. The van der Waals surface area contributed by atoms with Gasteiger partial charge in [0, 0.05) is 11.1 Å². The molecule has 0 radical (unpaired) electrons. The van der Waals surface area contributed by atoms with Crippen molar-refractivity contribution in [1.82, 2.24) is 5.06 Å². The molecule has 1 saturated heterocycles. The van der Waals surface area contributed by atoms with Crippen LogP contribution in [0.15, 0.2) is 0 Å². The molecule has 1 aliphatic heterocycles. The highest BCUT2D eigenvalue weighted by molar-refractivity contribution is 5.12. The van der Waals surface area contributed by atoms with Gasteiger partial charge in [-0.2, -0.15) is 5.06 Å². The third kappa shape index (κ3) is 2.14. The Hall–Kier alpha value is -0.0800. The van der Waals surface area contributed by atoms with Crippen molar-refractivity contribution in [3.8, 4) is 0 Å². The summed E-state index contributed by atoms with van der Waals surface area (Å²) in [6.45, 7) is 4.88. The molecule has 1 heterocycles. The maximum Gasteiger partial charge on any atom is 0.0575 e. The maximum absolute atomic E-state index is 6.11. The molecule has 0 amide bonds. The summed E-state index contributed by atoms with van der Waals surface area (Å²) in [6, 6.07) is 0. The summed E-state index contributed by atoms with van der Waals surface area (Å²) < 4.78 is 0. The Kier molecular flexibility index (Phi) is 4.16. The molecule has 0 bridgehead atoms. The summed E-state index contributed by atoms with van der Waals surface area (Å²) in [5, 5.41) is 2.56. The average Bonchev–Trinajstić information content (AvgIpc) is 2.70. The van der Waals surface area contributed by atoms with Gasteiger partial charge < -0.3 is 4.84 Å². The quantitative estimate of drug-likeness (QED) is 0.710. The minimum atomic E-state index is 0.360. The van der Waals surface area contributed by atoms with Crippen LogP contribution in [-0.2, 0) is 4.84 Å². The fraction of sp³-hybridized carbons (Fsp3) is 1.00. The first-order chi connectivity index (χ1) is 9.65. The highest BCUT2D eigenvalue weighted by atomic mass is 16.7. The predicted octanol–water partition coefficient (Wildman–Crippen LogP) is 4.93. The van der Waals surface area contributed by atoms with E-state index in [-0.39, 0.29) is 0 Å². The molecule has 2 nitrogen and oxygen atoms in total. The van der Waals surface area contributed by atoms with E-state index in [9.17, 15) is 0 Å². The summed E-state index contributed by atoms with van der Waals surface area (Å²) in [4.78, 5) is 6.11. The summed E-state index contributed by atoms with van der Waals surface area (Å²) in [6.07, 6.45) is 15.3. The minimum absolute atomic E-state index is 0.360. The fourth-order valence-corrected chi connectivity index (χ4v) is 5.89. The van der Waals surface area contributed by atoms with Crippen molar-refractivity contribution in [2.24, 2.45) is 11.8 Å². The van der Waals surface area contributed by atoms with E-state index in [0.717, 1.165) is 11.8 Å². The van der Waals surface area contributed by atoms with Crippen LogP contribution in [0.5, 0.6) is 0 Å². The van der Waals surface area contributed by atoms with Gasteiger partial charge in [-0.3, -0.25) is 0 Å². The van der Waals surface area contributed by atoms with Crippen molar-refractivity contribution in [2.45, 2.75) is 95.6 Å². The fourth-order valence-electron chi connectivity index (χ4n) is 5.89. The lowest BCUT2D eigenvalue weighted by atomic mass is 9.69. The molecular weight excluding hydrogens is 246 g/mol. The molecule has 2 spiro atoms. The zero-order valence-electron chi connectivity index (χ0n) is 13.8. The van der Waals surface area contributed by atoms with Crippen LogP contribution in [0.25, 0.3) is 0 Å². The van der Waals surface area contributed by atoms with E-state index in [0.29, 0.717) is 11.1 Å². The van der Waals surface area contributed by atoms with Gasteiger partial charge in [0.2, 0.25) is 0 Å². The standard InChI is InChI=1S/C18H33NO/c1-15(2)16-14-17(10-6-4-7-11-17)19(20-3)18(16)12-8-5-9-13-18/h15-16H,4-14H2,1-3H3. The van der Waals surface area contributed by atoms with Crippen molar-refractivity contribution in [3.05, 3.63) is 0 Å². The van der Waals surface area contributed by atoms with Gasteiger partial charge in [-0.15, -0.1) is 0 Å². The van der Waals surface area contributed by atoms with Gasteiger partial charge in [0.1, 0.15) is 0 Å². The minimum Gasteiger partial charge on any atom is -0.301 e. The zero-order chi connectivity index (χ0) is 14.2. The lowest BCUT2D eigenvalue weighted by molar-refractivity contribution is -0.255. The van der Waals surface area contributed by atoms with Crippen LogP contribution in [0, 0.1) is 11.8 Å². The van der Waals surface area contributed by atoms with E-state index in [1.807, 2.05) is 7.11 Å². The Labute approximate surface area is 125 Å². The number of hydroxylamine groups is 2. The van der Waals surface area contributed by atoms with Crippen molar-refractivity contribution in [1.29, 1.82) is 0 Å². The smallest absolute Gasteiger partial charge is 0.0575 e. The van der Waals surface area contributed by atoms with Crippen LogP contribution < -0.4 is 0 Å². The average molecular weight is 279 g/mol. The van der Waals surface area contributed by atoms with Crippen molar-refractivity contribution in [3.63, 3.8) is 0 Å². The maximum atomic E-state index is 6.11. The zero-order valence-corrected chi connectivity index (χ0v) is 13.8. The summed E-state index contributed by atoms with van der Waals surface area (Å²) >= 11 is 0. The van der Waals surface area contributed by atoms with Crippen molar-refractivity contribution < 1.29 is 4.84 Å². The molecular formula is C18H33NO. The van der Waals surface area contributed by atoms with E-state index in [2.05, 4.69) is 18.9 Å². The highest BCUT2D eigenvalue weighted by Crippen LogP contribution is 2.58. The Morgan fingerprint density at radius 2 is 1.45 bits per heavy atom. The largest absolute Gasteiger partial charge is 0.301 e. The second-order valence-electron chi connectivity index (χ2n) is 7.98. The molecule has 2 aliphatic carbocycles. The highest BCUT2D eigenvalue weighted by Gasteiger charge is 2.61. The number of hydrogen-bond donors (Lipinski definition) is 0. The second kappa shape index (κ2) is 5.61. The van der Waals surface area contributed by atoms with E-state index < -0.39 is 0 Å². The molecule has 0 aromatic heterocycles. The number of nitrogens with zero attached hydrogens (tertiary/aromatic N) is 1. The Balaban J connectivity index is 1.95. The van der Waals surface area contributed by atoms with Gasteiger partial charge in [-0.1, -0.05) is 52.4 Å². The lowest BCUT2D eigenvalue weighted by Gasteiger charge is -2.50. The second-order valence-corrected chi connectivity index (χ2v) is 7.98. The molecule has 1 atom stereocenters. The molecule has 20 heavy (non-hydrogen) atoms. The van der Waals surface area contributed by atoms with Gasteiger partial charge in [0.15, 0.2) is 0 Å². The lowest BCUT2D eigenvalue weighted by Crippen LogP contribution is -2.56. The van der Waals surface area contributed by atoms with Crippen LogP contribution in [0.2, 0.25) is 0 Å². The number of rotatable bonds is 2. The summed E-state index contributed by atoms with van der Waals surface area (Å²) in [5.41, 5.74) is 0.734. The Morgan fingerprint density at radius 1 is 0.900 bits per heavy atom. The topological polar surface area (TPSA) is 12.5 Å². The summed E-state index contributed by atoms with van der Waals surface area (Å²) in [7, 11) is 1.94. The van der Waals surface area contributed by atoms with E-state index in [1.54, 1.807) is 0 Å². The van der Waals surface area contributed by atoms with Crippen LogP contribution >= 0.6 is 0 Å². The SMILES string of the molecule is CON1C2(CCCCC2)CC(C(C)C)C12CCCCC2. The van der Waals surface area contributed by atoms with E-state index >= 15 is 0 Å². The molecule has 0 aromatic carbocycles. The van der Waals surface area contributed by atoms with Gasteiger partial charge in [-0.25, -0.2) is 0 Å². The van der Waals surface area contributed by atoms with Gasteiger partial charge >= 0.3 is 0 Å². The van der Waals surface area contributed by atoms with Crippen molar-refractivity contribution >= 4 is 0 Å². The van der Waals surface area contributed by atoms with E-state index in [4.69, 9.17) is 4.84 Å². The third-order valence-corrected chi connectivity index (χ3v) is 6.62. The molecule has 3 rings (SSSR count). The molecule has 3 fully saturated rings. The third-order valence-electron chi connectivity index (χ3n) is 6.62. The molecule has 0 N–H and O–H groups in total. The van der Waals surface area contributed by atoms with Crippen LogP contribution in [0.1, 0.15) is 84.5 Å². The first kappa shape index (κ1) is 14.8. The Bertz CT molecular complexity index is 326. The summed E-state index contributed by atoms with van der Waals surface area (Å²) in [5.74, 6) is 1.62. The molecule has 0 aromatic rings. The van der Waals surface area contributed by atoms with Gasteiger partial charge in [-0.05, 0) is 43.9 Å². The van der Waals surface area contributed by atoms with Gasteiger partial charge in [0.05, 0.1) is 7.11 Å². The normalized spacial score (nSPS) is 33.3. The van der Waals surface area contributed by atoms with Crippen LogP contribution in [-0.4, -0.2) is 23.3 Å². The predicted molar refractivity (Wildman–Crippen MR) is 83.4 cm³/mol. The van der Waals surface area contributed by atoms with Gasteiger partial charge in [0.25, 0.3) is 0 Å². The van der Waals surface area contributed by atoms with Crippen LogP contribution in [0.3, 0.4) is 0 Å². The monoisotopic (exact) mass is 279 g/mol. The molecule has 1 unspecified atom stereocenters. The first-order valence-electron chi connectivity index (χ1n) is 8.99.